The maximum Gasteiger partial charge on any atom is 0.257 e. The Labute approximate surface area is 247 Å². The van der Waals surface area contributed by atoms with Gasteiger partial charge < -0.3 is 10.5 Å². The zero-order valence-electron chi connectivity index (χ0n) is 21.3. The third-order valence-electron chi connectivity index (χ3n) is 7.49. The van der Waals surface area contributed by atoms with Crippen LogP contribution in [0.25, 0.3) is 0 Å². The van der Waals surface area contributed by atoms with Crippen LogP contribution in [0.5, 0.6) is 0 Å². The molecule has 0 unspecified atom stereocenters. The Hall–Kier alpha value is -3.70. The van der Waals surface area contributed by atoms with E-state index < -0.39 is 34.6 Å². The van der Waals surface area contributed by atoms with Gasteiger partial charge in [0.05, 0.1) is 45.9 Å². The van der Waals surface area contributed by atoms with Crippen LogP contribution in [-0.2, 0) is 21.8 Å². The topological polar surface area (TPSA) is 115 Å². The van der Waals surface area contributed by atoms with Gasteiger partial charge in [-0.3, -0.25) is 24.3 Å². The maximum atomic E-state index is 16.4. The van der Waals surface area contributed by atoms with Crippen LogP contribution in [0.15, 0.2) is 65.6 Å². The molecule has 3 heterocycles. The molecule has 8 nitrogen and oxygen atoms in total. The molecule has 1 atom stereocenters. The van der Waals surface area contributed by atoms with E-state index in [2.05, 4.69) is 9.97 Å². The van der Waals surface area contributed by atoms with Crippen LogP contribution in [0.2, 0.25) is 10.0 Å². The van der Waals surface area contributed by atoms with E-state index in [-0.39, 0.29) is 35.5 Å². The minimum absolute atomic E-state index is 0.0345. The Balaban J connectivity index is 1.56. The van der Waals surface area contributed by atoms with E-state index in [4.69, 9.17) is 33.7 Å². The van der Waals surface area contributed by atoms with Crippen LogP contribution < -0.4 is 5.73 Å². The summed E-state index contributed by atoms with van der Waals surface area (Å²) in [6.07, 6.45) is 2.44. The lowest BCUT2D eigenvalue weighted by molar-refractivity contribution is -0.142. The molecule has 41 heavy (non-hydrogen) atoms. The molecule has 208 valence electrons. The minimum atomic E-state index is -1.84. The van der Waals surface area contributed by atoms with E-state index in [1.165, 1.54) is 34.0 Å². The van der Waals surface area contributed by atoms with Crippen molar-refractivity contribution in [3.8, 4) is 0 Å². The molecule has 0 spiro atoms. The highest BCUT2D eigenvalue weighted by atomic mass is 35.5. The number of carbonyl (C=O) groups is 3. The maximum absolute atomic E-state index is 16.4. The quantitative estimate of drug-likeness (QED) is 0.255. The number of pyridine rings is 1. The number of hydrogen-bond donors (Lipinski definition) is 1. The van der Waals surface area contributed by atoms with Crippen molar-refractivity contribution < 1.29 is 23.5 Å². The standard InChI is InChI=1S/C29H21Cl2FN4O4S/c30-18-3-1-17(2-4-18)29(40-14-28(7-8-28)27(33)39)24-21(26(38)36(29)12-20-6-5-19(31)11-34-20)9-16(10-22(24)32)25(37)23-13-41-15-35-23/h1-6,9-11,13,15H,7-8,12,14H2,(H2,33,39)/t29-/m1/s1. The minimum Gasteiger partial charge on any atom is -0.369 e. The molecule has 2 N–H and O–H groups in total. The summed E-state index contributed by atoms with van der Waals surface area (Å²) in [7, 11) is 0. The molecular weight excluding hydrogens is 590 g/mol. The number of nitrogens with zero attached hydrogens (tertiary/aromatic N) is 3. The highest BCUT2D eigenvalue weighted by Crippen LogP contribution is 2.52. The van der Waals surface area contributed by atoms with Crippen LogP contribution in [0.3, 0.4) is 0 Å². The number of halogens is 3. The number of primary amides is 1. The molecule has 1 fully saturated rings. The number of hydrogen-bond acceptors (Lipinski definition) is 7. The fourth-order valence-electron chi connectivity index (χ4n) is 5.06. The van der Waals surface area contributed by atoms with Crippen molar-refractivity contribution >= 4 is 52.1 Å². The van der Waals surface area contributed by atoms with Gasteiger partial charge >= 0.3 is 0 Å². The van der Waals surface area contributed by atoms with Crippen molar-refractivity contribution in [3.63, 3.8) is 0 Å². The molecule has 1 saturated carbocycles. The summed E-state index contributed by atoms with van der Waals surface area (Å²) < 4.78 is 22.9. The summed E-state index contributed by atoms with van der Waals surface area (Å²) >= 11 is 13.4. The summed E-state index contributed by atoms with van der Waals surface area (Å²) in [5, 5.41) is 2.37. The third-order valence-corrected chi connectivity index (χ3v) is 8.55. The third kappa shape index (κ3) is 4.70. The number of ether oxygens (including phenoxy) is 1. The first-order valence-corrected chi connectivity index (χ1v) is 14.2. The number of aromatic nitrogens is 2. The summed E-state index contributed by atoms with van der Waals surface area (Å²) in [6.45, 7) is -0.271. The Morgan fingerprint density at radius 1 is 1.07 bits per heavy atom. The van der Waals surface area contributed by atoms with Crippen LogP contribution >= 0.6 is 34.5 Å². The first-order valence-electron chi connectivity index (χ1n) is 12.5. The largest absolute Gasteiger partial charge is 0.369 e. The molecule has 1 aliphatic heterocycles. The van der Waals surface area contributed by atoms with Gasteiger partial charge in [0.2, 0.25) is 11.7 Å². The van der Waals surface area contributed by atoms with Gasteiger partial charge in [0.25, 0.3) is 5.91 Å². The number of fused-ring (bicyclic) bond motifs is 1. The molecule has 2 aromatic carbocycles. The normalized spacial score (nSPS) is 18.8. The lowest BCUT2D eigenvalue weighted by Gasteiger charge is -2.40. The van der Waals surface area contributed by atoms with Gasteiger partial charge in [-0.05, 0) is 49.2 Å². The summed E-state index contributed by atoms with van der Waals surface area (Å²) in [6, 6.07) is 12.2. The van der Waals surface area contributed by atoms with E-state index in [1.54, 1.807) is 41.8 Å². The van der Waals surface area contributed by atoms with E-state index in [1.807, 2.05) is 0 Å². The lowest BCUT2D eigenvalue weighted by atomic mass is 9.90. The molecular formula is C29H21Cl2FN4O4S. The van der Waals surface area contributed by atoms with Gasteiger partial charge in [0, 0.05) is 27.7 Å². The number of amides is 2. The fraction of sp³-hybridized carbons (Fsp3) is 0.207. The van der Waals surface area contributed by atoms with Gasteiger partial charge in [-0.25, -0.2) is 9.37 Å². The van der Waals surface area contributed by atoms with Crippen LogP contribution in [0, 0.1) is 11.2 Å². The Morgan fingerprint density at radius 3 is 2.41 bits per heavy atom. The van der Waals surface area contributed by atoms with Crippen LogP contribution in [0.1, 0.15) is 56.1 Å². The first kappa shape index (κ1) is 27.5. The highest BCUT2D eigenvalue weighted by molar-refractivity contribution is 7.07. The molecule has 4 aromatic rings. The first-order chi connectivity index (χ1) is 19.6. The Kier molecular flexibility index (Phi) is 6.89. The molecule has 0 bridgehead atoms. The van der Waals surface area contributed by atoms with Crippen molar-refractivity contribution in [3.05, 3.63) is 115 Å². The summed E-state index contributed by atoms with van der Waals surface area (Å²) in [5.41, 5.74) is 5.20. The van der Waals surface area contributed by atoms with Crippen LogP contribution in [-0.4, -0.2) is 39.1 Å². The second-order valence-electron chi connectivity index (χ2n) is 10.0. The number of rotatable bonds is 9. The summed E-state index contributed by atoms with van der Waals surface area (Å²) in [5.74, 6) is -2.49. The van der Waals surface area contributed by atoms with Crippen molar-refractivity contribution in [2.24, 2.45) is 11.1 Å². The van der Waals surface area contributed by atoms with Crippen molar-refractivity contribution in [2.75, 3.05) is 6.61 Å². The molecule has 2 aliphatic rings. The monoisotopic (exact) mass is 610 g/mol. The molecule has 0 radical (unpaired) electrons. The average Bonchev–Trinajstić information content (AvgIpc) is 3.48. The number of nitrogens with two attached hydrogens (primary N) is 1. The molecule has 2 amide bonds. The second-order valence-corrected chi connectivity index (χ2v) is 11.6. The van der Waals surface area contributed by atoms with Crippen molar-refractivity contribution in [2.45, 2.75) is 25.1 Å². The summed E-state index contributed by atoms with van der Waals surface area (Å²) in [4.78, 5) is 49.3. The van der Waals surface area contributed by atoms with Gasteiger partial charge in [0.1, 0.15) is 11.5 Å². The number of carbonyl (C=O) groups excluding carboxylic acids is 3. The second kappa shape index (κ2) is 10.3. The van der Waals surface area contributed by atoms with Crippen molar-refractivity contribution in [1.82, 2.24) is 14.9 Å². The number of thiazole rings is 1. The van der Waals surface area contributed by atoms with Gasteiger partial charge in [-0.2, -0.15) is 0 Å². The van der Waals surface area contributed by atoms with Gasteiger partial charge in [0.15, 0.2) is 5.72 Å². The molecule has 2 aromatic heterocycles. The Bertz CT molecular complexity index is 1680. The molecule has 1 aliphatic carbocycles. The lowest BCUT2D eigenvalue weighted by Crippen LogP contribution is -2.48. The SMILES string of the molecule is NC(=O)C1(CO[C@]2(c3ccc(Cl)cc3)c3c(F)cc(C(=O)c4cscn4)cc3C(=O)N2Cc2ccc(Cl)cn2)CC1. The van der Waals surface area contributed by atoms with Crippen molar-refractivity contribution in [1.29, 1.82) is 0 Å². The zero-order chi connectivity index (χ0) is 28.9. The molecule has 12 heteroatoms. The van der Waals surface area contributed by atoms with Gasteiger partial charge in [-0.15, -0.1) is 11.3 Å². The highest BCUT2D eigenvalue weighted by Gasteiger charge is 2.58. The molecule has 6 rings (SSSR count). The zero-order valence-corrected chi connectivity index (χ0v) is 23.6. The fourth-order valence-corrected chi connectivity index (χ4v) is 5.83. The van der Waals surface area contributed by atoms with E-state index >= 15 is 4.39 Å². The molecule has 0 saturated heterocycles. The number of ketones is 1. The van der Waals surface area contributed by atoms with E-state index in [0.29, 0.717) is 34.1 Å². The van der Waals surface area contributed by atoms with E-state index in [0.717, 1.165) is 6.07 Å². The predicted octanol–water partition coefficient (Wildman–Crippen LogP) is 5.35. The average molecular weight is 611 g/mol. The smallest absolute Gasteiger partial charge is 0.257 e. The number of benzene rings is 2. The Morgan fingerprint density at radius 2 is 1.80 bits per heavy atom. The van der Waals surface area contributed by atoms with E-state index in [9.17, 15) is 14.4 Å². The predicted molar refractivity (Wildman–Crippen MR) is 150 cm³/mol. The van der Waals surface area contributed by atoms with Crippen LogP contribution in [0.4, 0.5) is 4.39 Å². The van der Waals surface area contributed by atoms with Gasteiger partial charge in [-0.1, -0.05) is 35.3 Å².